The second-order valence-electron chi connectivity index (χ2n) is 8.10. The van der Waals surface area contributed by atoms with Gasteiger partial charge in [-0.15, -0.1) is 0 Å². The zero-order valence-corrected chi connectivity index (χ0v) is 16.2. The molecule has 6 heteroatoms. The van der Waals surface area contributed by atoms with Crippen molar-refractivity contribution in [2.75, 3.05) is 74.0 Å². The molecular formula is C17H37N5O. The average molecular weight is 328 g/mol. The standard InChI is InChI=1S/C11H23N3O.C6H14N2/c1-11(2,3)12-10(15)9-8-13(4)6-7-14(9)5;1-7-3-5-8(2)6-4-7/h9H,6-8H2,1-5H3,(H,12,15);3-6H2,1-2H3. The van der Waals surface area contributed by atoms with Crippen LogP contribution < -0.4 is 5.32 Å². The molecule has 0 saturated carbocycles. The van der Waals surface area contributed by atoms with Crippen LogP contribution in [0, 0.1) is 0 Å². The molecule has 2 heterocycles. The Hall–Kier alpha value is -0.690. The highest BCUT2D eigenvalue weighted by Crippen LogP contribution is 2.08. The van der Waals surface area contributed by atoms with Crippen molar-refractivity contribution < 1.29 is 4.79 Å². The van der Waals surface area contributed by atoms with Gasteiger partial charge in [-0.25, -0.2) is 0 Å². The molecule has 2 fully saturated rings. The number of likely N-dealkylation sites (N-methyl/N-ethyl adjacent to an activating group) is 4. The number of hydrogen-bond acceptors (Lipinski definition) is 5. The number of amides is 1. The van der Waals surface area contributed by atoms with Gasteiger partial charge >= 0.3 is 0 Å². The fourth-order valence-electron chi connectivity index (χ4n) is 2.65. The van der Waals surface area contributed by atoms with Crippen molar-refractivity contribution in [2.45, 2.75) is 32.4 Å². The highest BCUT2D eigenvalue weighted by Gasteiger charge is 2.30. The van der Waals surface area contributed by atoms with Crippen molar-refractivity contribution in [1.29, 1.82) is 0 Å². The zero-order chi connectivity index (χ0) is 17.6. The second kappa shape index (κ2) is 8.97. The molecule has 0 bridgehead atoms. The van der Waals surface area contributed by atoms with E-state index in [-0.39, 0.29) is 17.5 Å². The van der Waals surface area contributed by atoms with Crippen molar-refractivity contribution in [3.8, 4) is 0 Å². The van der Waals surface area contributed by atoms with E-state index in [1.165, 1.54) is 26.2 Å². The maximum absolute atomic E-state index is 12.0. The predicted molar refractivity (Wildman–Crippen MR) is 96.8 cm³/mol. The summed E-state index contributed by atoms with van der Waals surface area (Å²) in [6.07, 6.45) is 0. The van der Waals surface area contributed by atoms with Crippen LogP contribution in [0.15, 0.2) is 0 Å². The number of rotatable bonds is 1. The first-order chi connectivity index (χ1) is 10.6. The van der Waals surface area contributed by atoms with Crippen LogP contribution in [0.25, 0.3) is 0 Å². The molecule has 6 nitrogen and oxygen atoms in total. The maximum Gasteiger partial charge on any atom is 0.239 e. The number of carbonyl (C=O) groups is 1. The Balaban J connectivity index is 0.000000277. The quantitative estimate of drug-likeness (QED) is 0.735. The summed E-state index contributed by atoms with van der Waals surface area (Å²) in [5.41, 5.74) is -0.145. The molecule has 0 aliphatic carbocycles. The van der Waals surface area contributed by atoms with Crippen molar-refractivity contribution in [3.05, 3.63) is 0 Å². The highest BCUT2D eigenvalue weighted by molar-refractivity contribution is 5.82. The van der Waals surface area contributed by atoms with Gasteiger partial charge in [0.15, 0.2) is 0 Å². The van der Waals surface area contributed by atoms with Crippen LogP contribution in [-0.2, 0) is 4.79 Å². The van der Waals surface area contributed by atoms with E-state index in [1.807, 2.05) is 27.8 Å². The molecule has 0 aromatic heterocycles. The summed E-state index contributed by atoms with van der Waals surface area (Å²) in [5.74, 6) is 0.136. The van der Waals surface area contributed by atoms with Gasteiger partial charge < -0.3 is 20.0 Å². The summed E-state index contributed by atoms with van der Waals surface area (Å²) >= 11 is 0. The van der Waals surface area contributed by atoms with E-state index in [0.717, 1.165) is 19.6 Å². The zero-order valence-electron chi connectivity index (χ0n) is 16.2. The Kier molecular flexibility index (Phi) is 7.94. The first-order valence-corrected chi connectivity index (χ1v) is 8.66. The molecule has 2 aliphatic heterocycles. The number of nitrogens with zero attached hydrogens (tertiary/aromatic N) is 4. The summed E-state index contributed by atoms with van der Waals surface area (Å²) in [4.78, 5) is 21.0. The van der Waals surface area contributed by atoms with Gasteiger partial charge in [0.2, 0.25) is 5.91 Å². The monoisotopic (exact) mass is 327 g/mol. The minimum Gasteiger partial charge on any atom is -0.350 e. The number of nitrogens with one attached hydrogen (secondary N) is 1. The third kappa shape index (κ3) is 8.11. The van der Waals surface area contributed by atoms with Crippen molar-refractivity contribution >= 4 is 5.91 Å². The van der Waals surface area contributed by atoms with Crippen LogP contribution in [0.1, 0.15) is 20.8 Å². The molecule has 0 aromatic carbocycles. The Bertz CT molecular complexity index is 350. The van der Waals surface area contributed by atoms with Gasteiger partial charge in [-0.3, -0.25) is 9.69 Å². The largest absolute Gasteiger partial charge is 0.350 e. The van der Waals surface area contributed by atoms with Gasteiger partial charge in [-0.2, -0.15) is 0 Å². The fourth-order valence-corrected chi connectivity index (χ4v) is 2.65. The van der Waals surface area contributed by atoms with Crippen LogP contribution in [-0.4, -0.2) is 111 Å². The maximum atomic E-state index is 12.0. The van der Waals surface area contributed by atoms with Gasteiger partial charge in [0.1, 0.15) is 6.04 Å². The van der Waals surface area contributed by atoms with Crippen molar-refractivity contribution in [1.82, 2.24) is 24.9 Å². The molecule has 2 aliphatic rings. The van der Waals surface area contributed by atoms with Crippen LogP contribution >= 0.6 is 0 Å². The number of hydrogen-bond donors (Lipinski definition) is 1. The molecule has 1 atom stereocenters. The van der Waals surface area contributed by atoms with E-state index in [0.29, 0.717) is 0 Å². The van der Waals surface area contributed by atoms with E-state index in [2.05, 4.69) is 46.1 Å². The molecular weight excluding hydrogens is 290 g/mol. The average Bonchev–Trinajstić information content (AvgIpc) is 2.43. The van der Waals surface area contributed by atoms with Gasteiger partial charge in [-0.05, 0) is 49.0 Å². The summed E-state index contributed by atoms with van der Waals surface area (Å²) in [7, 11) is 8.42. The highest BCUT2D eigenvalue weighted by atomic mass is 16.2. The molecule has 1 amide bonds. The lowest BCUT2D eigenvalue weighted by Gasteiger charge is -2.38. The third-order valence-corrected chi connectivity index (χ3v) is 4.38. The van der Waals surface area contributed by atoms with E-state index in [9.17, 15) is 4.79 Å². The lowest BCUT2D eigenvalue weighted by molar-refractivity contribution is -0.129. The van der Waals surface area contributed by atoms with Crippen LogP contribution in [0.5, 0.6) is 0 Å². The van der Waals surface area contributed by atoms with E-state index < -0.39 is 0 Å². The molecule has 0 radical (unpaired) electrons. The number of carbonyl (C=O) groups excluding carboxylic acids is 1. The van der Waals surface area contributed by atoms with Crippen molar-refractivity contribution in [2.24, 2.45) is 0 Å². The Morgan fingerprint density at radius 1 is 0.826 bits per heavy atom. The molecule has 0 spiro atoms. The first-order valence-electron chi connectivity index (χ1n) is 8.66. The molecule has 2 saturated heterocycles. The Labute approximate surface area is 142 Å². The van der Waals surface area contributed by atoms with Gasteiger partial charge in [-0.1, -0.05) is 0 Å². The molecule has 1 N–H and O–H groups in total. The smallest absolute Gasteiger partial charge is 0.239 e. The van der Waals surface area contributed by atoms with Gasteiger partial charge in [0.25, 0.3) is 0 Å². The van der Waals surface area contributed by atoms with E-state index >= 15 is 0 Å². The second-order valence-corrected chi connectivity index (χ2v) is 8.10. The molecule has 23 heavy (non-hydrogen) atoms. The lowest BCUT2D eigenvalue weighted by Crippen LogP contribution is -2.59. The summed E-state index contributed by atoms with van der Waals surface area (Å²) in [5, 5.41) is 3.03. The van der Waals surface area contributed by atoms with Gasteiger partial charge in [0, 0.05) is 51.4 Å². The molecule has 136 valence electrons. The normalized spacial score (nSPS) is 25.6. The molecule has 2 rings (SSSR count). The minimum absolute atomic E-state index is 0.0111. The van der Waals surface area contributed by atoms with Crippen molar-refractivity contribution in [3.63, 3.8) is 0 Å². The Morgan fingerprint density at radius 3 is 1.70 bits per heavy atom. The first kappa shape index (κ1) is 20.4. The van der Waals surface area contributed by atoms with Crippen LogP contribution in [0.2, 0.25) is 0 Å². The summed E-state index contributed by atoms with van der Waals surface area (Å²) in [6, 6.07) is -0.0111. The summed E-state index contributed by atoms with van der Waals surface area (Å²) in [6.45, 7) is 13.8. The topological polar surface area (TPSA) is 42.1 Å². The molecule has 1 unspecified atom stereocenters. The van der Waals surface area contributed by atoms with E-state index in [1.54, 1.807) is 0 Å². The minimum atomic E-state index is -0.145. The Morgan fingerprint density at radius 2 is 1.26 bits per heavy atom. The van der Waals surface area contributed by atoms with Gasteiger partial charge in [0.05, 0.1) is 0 Å². The number of piperazine rings is 2. The van der Waals surface area contributed by atoms with Crippen LogP contribution in [0.4, 0.5) is 0 Å². The van der Waals surface area contributed by atoms with Crippen LogP contribution in [0.3, 0.4) is 0 Å². The SMILES string of the molecule is CN1CCN(C)C(C(=O)NC(C)(C)C)C1.CN1CCN(C)CC1. The fraction of sp³-hybridized carbons (Fsp3) is 0.941. The van der Waals surface area contributed by atoms with E-state index in [4.69, 9.17) is 0 Å². The predicted octanol–water partition coefficient (Wildman–Crippen LogP) is 0.0105. The lowest BCUT2D eigenvalue weighted by atomic mass is 10.1. The molecule has 0 aromatic rings. The third-order valence-electron chi connectivity index (χ3n) is 4.38. The summed E-state index contributed by atoms with van der Waals surface area (Å²) < 4.78 is 0.